The molecule has 1 saturated heterocycles. The zero-order chi connectivity index (χ0) is 14.4. The molecule has 1 fully saturated rings. The minimum Gasteiger partial charge on any atom is -0.476 e. The standard InChI is InChI=1S/C15H24FN3O/c1-12(2)17-10-13-9-14(16)11-18-15(13)20-8-7-19-5-3-4-6-19/h9,11-12,17H,3-8,10H2,1-2H3. The summed E-state index contributed by atoms with van der Waals surface area (Å²) < 4.78 is 19.0. The van der Waals surface area contributed by atoms with Gasteiger partial charge in [-0.2, -0.15) is 0 Å². The zero-order valence-electron chi connectivity index (χ0n) is 12.4. The first-order valence-electron chi connectivity index (χ1n) is 7.38. The molecule has 1 aliphatic rings. The minimum absolute atomic E-state index is 0.322. The maximum atomic E-state index is 13.3. The van der Waals surface area contributed by atoms with Crippen LogP contribution in [0.4, 0.5) is 4.39 Å². The molecule has 0 aromatic carbocycles. The van der Waals surface area contributed by atoms with Gasteiger partial charge in [-0.15, -0.1) is 0 Å². The number of aromatic nitrogens is 1. The Morgan fingerprint density at radius 1 is 1.40 bits per heavy atom. The van der Waals surface area contributed by atoms with Crippen LogP contribution in [0.15, 0.2) is 12.3 Å². The van der Waals surface area contributed by atoms with Crippen LogP contribution in [0.2, 0.25) is 0 Å². The number of ether oxygens (including phenoxy) is 1. The normalized spacial score (nSPS) is 16.0. The molecule has 0 spiro atoms. The van der Waals surface area contributed by atoms with E-state index in [0.717, 1.165) is 25.2 Å². The molecule has 5 heteroatoms. The molecular weight excluding hydrogens is 257 g/mol. The van der Waals surface area contributed by atoms with Crippen molar-refractivity contribution in [3.63, 3.8) is 0 Å². The van der Waals surface area contributed by atoms with Crippen molar-refractivity contribution >= 4 is 0 Å². The van der Waals surface area contributed by atoms with Crippen molar-refractivity contribution in [3.8, 4) is 5.88 Å². The number of halogens is 1. The lowest BCUT2D eigenvalue weighted by molar-refractivity contribution is 0.229. The Balaban J connectivity index is 1.88. The summed E-state index contributed by atoms with van der Waals surface area (Å²) in [5.74, 6) is 0.219. The lowest BCUT2D eigenvalue weighted by atomic mass is 10.2. The molecule has 0 radical (unpaired) electrons. The van der Waals surface area contributed by atoms with E-state index in [-0.39, 0.29) is 5.82 Å². The SMILES string of the molecule is CC(C)NCc1cc(F)cnc1OCCN1CCCC1. The van der Waals surface area contributed by atoms with Crippen molar-refractivity contribution in [3.05, 3.63) is 23.6 Å². The molecule has 112 valence electrons. The monoisotopic (exact) mass is 281 g/mol. The van der Waals surface area contributed by atoms with Crippen LogP contribution in [0.5, 0.6) is 5.88 Å². The summed E-state index contributed by atoms with van der Waals surface area (Å²) in [6.07, 6.45) is 3.76. The second-order valence-electron chi connectivity index (χ2n) is 5.55. The van der Waals surface area contributed by atoms with Crippen molar-refractivity contribution in [2.45, 2.75) is 39.3 Å². The molecule has 2 rings (SSSR count). The van der Waals surface area contributed by atoms with Crippen LogP contribution in [-0.2, 0) is 6.54 Å². The van der Waals surface area contributed by atoms with E-state index in [2.05, 4.69) is 29.0 Å². The molecular formula is C15H24FN3O. The van der Waals surface area contributed by atoms with E-state index in [9.17, 15) is 4.39 Å². The zero-order valence-corrected chi connectivity index (χ0v) is 12.4. The first kappa shape index (κ1) is 15.2. The van der Waals surface area contributed by atoms with Gasteiger partial charge in [0, 0.05) is 24.7 Å². The van der Waals surface area contributed by atoms with Crippen LogP contribution in [0.3, 0.4) is 0 Å². The molecule has 0 amide bonds. The van der Waals surface area contributed by atoms with Gasteiger partial charge >= 0.3 is 0 Å². The molecule has 4 nitrogen and oxygen atoms in total. The number of nitrogens with zero attached hydrogens (tertiary/aromatic N) is 2. The van der Waals surface area contributed by atoms with E-state index < -0.39 is 0 Å². The van der Waals surface area contributed by atoms with E-state index >= 15 is 0 Å². The van der Waals surface area contributed by atoms with Crippen LogP contribution in [-0.4, -0.2) is 42.2 Å². The molecule has 1 aliphatic heterocycles. The average molecular weight is 281 g/mol. The summed E-state index contributed by atoms with van der Waals surface area (Å²) in [5, 5.41) is 3.26. The highest BCUT2D eigenvalue weighted by Crippen LogP contribution is 2.16. The van der Waals surface area contributed by atoms with E-state index in [0.29, 0.717) is 25.1 Å². The number of hydrogen-bond donors (Lipinski definition) is 1. The van der Waals surface area contributed by atoms with Crippen molar-refractivity contribution in [1.82, 2.24) is 15.2 Å². The molecule has 1 aromatic rings. The number of pyridine rings is 1. The van der Waals surface area contributed by atoms with Gasteiger partial charge in [-0.25, -0.2) is 9.37 Å². The summed E-state index contributed by atoms with van der Waals surface area (Å²) in [5.41, 5.74) is 0.778. The Hall–Kier alpha value is -1.20. The topological polar surface area (TPSA) is 37.4 Å². The third-order valence-corrected chi connectivity index (χ3v) is 3.44. The Morgan fingerprint density at radius 3 is 2.85 bits per heavy atom. The molecule has 1 aromatic heterocycles. The molecule has 0 saturated carbocycles. The fourth-order valence-corrected chi connectivity index (χ4v) is 2.32. The maximum Gasteiger partial charge on any atom is 0.218 e. The number of hydrogen-bond acceptors (Lipinski definition) is 4. The minimum atomic E-state index is -0.322. The lowest BCUT2D eigenvalue weighted by Crippen LogP contribution is -2.26. The van der Waals surface area contributed by atoms with E-state index in [4.69, 9.17) is 4.74 Å². The number of rotatable bonds is 7. The quantitative estimate of drug-likeness (QED) is 0.831. The van der Waals surface area contributed by atoms with E-state index in [1.54, 1.807) is 0 Å². The maximum absolute atomic E-state index is 13.3. The summed E-state index contributed by atoms with van der Waals surface area (Å²) in [6, 6.07) is 1.84. The van der Waals surface area contributed by atoms with Gasteiger partial charge in [0.25, 0.3) is 0 Å². The van der Waals surface area contributed by atoms with Gasteiger partial charge in [0.05, 0.1) is 6.20 Å². The van der Waals surface area contributed by atoms with Crippen molar-refractivity contribution < 1.29 is 9.13 Å². The molecule has 0 bridgehead atoms. The van der Waals surface area contributed by atoms with E-state index in [1.165, 1.54) is 25.1 Å². The number of nitrogens with one attached hydrogen (secondary N) is 1. The Morgan fingerprint density at radius 2 is 2.15 bits per heavy atom. The third kappa shape index (κ3) is 4.72. The molecule has 0 atom stereocenters. The lowest BCUT2D eigenvalue weighted by Gasteiger charge is -2.16. The van der Waals surface area contributed by atoms with Gasteiger partial charge < -0.3 is 10.1 Å². The third-order valence-electron chi connectivity index (χ3n) is 3.44. The summed E-state index contributed by atoms with van der Waals surface area (Å²) >= 11 is 0. The second kappa shape index (κ2) is 7.55. The first-order valence-corrected chi connectivity index (χ1v) is 7.38. The van der Waals surface area contributed by atoms with Gasteiger partial charge in [0.15, 0.2) is 0 Å². The highest BCUT2D eigenvalue weighted by atomic mass is 19.1. The smallest absolute Gasteiger partial charge is 0.218 e. The van der Waals surface area contributed by atoms with Crippen molar-refractivity contribution in [2.24, 2.45) is 0 Å². The van der Waals surface area contributed by atoms with Crippen LogP contribution in [0.25, 0.3) is 0 Å². The van der Waals surface area contributed by atoms with E-state index in [1.807, 2.05) is 0 Å². The first-order chi connectivity index (χ1) is 9.65. The Bertz CT molecular complexity index is 420. The number of likely N-dealkylation sites (tertiary alicyclic amines) is 1. The van der Waals surface area contributed by atoms with Crippen LogP contribution < -0.4 is 10.1 Å². The predicted molar refractivity (Wildman–Crippen MR) is 77.3 cm³/mol. The molecule has 0 unspecified atom stereocenters. The van der Waals surface area contributed by atoms with Crippen molar-refractivity contribution in [1.29, 1.82) is 0 Å². The predicted octanol–water partition coefficient (Wildman–Crippen LogP) is 2.19. The van der Waals surface area contributed by atoms with Gasteiger partial charge in [0.2, 0.25) is 5.88 Å². The second-order valence-corrected chi connectivity index (χ2v) is 5.55. The van der Waals surface area contributed by atoms with Gasteiger partial charge in [-0.05, 0) is 32.0 Å². The fraction of sp³-hybridized carbons (Fsp3) is 0.667. The highest BCUT2D eigenvalue weighted by molar-refractivity contribution is 5.26. The fourth-order valence-electron chi connectivity index (χ4n) is 2.32. The Kier molecular flexibility index (Phi) is 5.73. The summed E-state index contributed by atoms with van der Waals surface area (Å²) in [4.78, 5) is 6.45. The molecule has 20 heavy (non-hydrogen) atoms. The highest BCUT2D eigenvalue weighted by Gasteiger charge is 2.12. The average Bonchev–Trinajstić information content (AvgIpc) is 2.91. The van der Waals surface area contributed by atoms with Gasteiger partial charge in [0.1, 0.15) is 12.4 Å². The largest absolute Gasteiger partial charge is 0.476 e. The van der Waals surface area contributed by atoms with Crippen LogP contribution in [0, 0.1) is 5.82 Å². The van der Waals surface area contributed by atoms with Gasteiger partial charge in [-0.3, -0.25) is 4.90 Å². The van der Waals surface area contributed by atoms with Crippen LogP contribution in [0.1, 0.15) is 32.3 Å². The Labute approximate surface area is 120 Å². The van der Waals surface area contributed by atoms with Crippen LogP contribution >= 0.6 is 0 Å². The summed E-state index contributed by atoms with van der Waals surface area (Å²) in [6.45, 7) is 8.51. The molecule has 1 N–H and O–H groups in total. The van der Waals surface area contributed by atoms with Crippen molar-refractivity contribution in [2.75, 3.05) is 26.2 Å². The molecule has 0 aliphatic carbocycles. The summed E-state index contributed by atoms with van der Waals surface area (Å²) in [7, 11) is 0. The van der Waals surface area contributed by atoms with Gasteiger partial charge in [-0.1, -0.05) is 13.8 Å². The molecule has 2 heterocycles.